The van der Waals surface area contributed by atoms with Crippen molar-refractivity contribution in [3.05, 3.63) is 65.3 Å². The van der Waals surface area contributed by atoms with E-state index in [1.165, 1.54) is 24.7 Å². The van der Waals surface area contributed by atoms with Gasteiger partial charge < -0.3 is 9.47 Å². The molecule has 0 bridgehead atoms. The fourth-order valence-electron chi connectivity index (χ4n) is 4.71. The smallest absolute Gasteiger partial charge is 0.182 e. The molecule has 6 rings (SSSR count). The summed E-state index contributed by atoms with van der Waals surface area (Å²) in [4.78, 5) is 17.3. The summed E-state index contributed by atoms with van der Waals surface area (Å²) in [5, 5.41) is 4.40. The Morgan fingerprint density at radius 2 is 1.85 bits per heavy atom. The third kappa shape index (κ3) is 7.06. The fraction of sp³-hybridized carbons (Fsp3) is 0.516. The molecule has 8 nitrogen and oxygen atoms in total. The van der Waals surface area contributed by atoms with Crippen LogP contribution in [0.4, 0.5) is 4.39 Å². The third-order valence-corrected chi connectivity index (χ3v) is 7.19. The first-order valence-electron chi connectivity index (χ1n) is 14.4. The second-order valence-electron chi connectivity index (χ2n) is 10.1. The van der Waals surface area contributed by atoms with Crippen LogP contribution in [-0.2, 0) is 15.9 Å². The summed E-state index contributed by atoms with van der Waals surface area (Å²) in [6.07, 6.45) is 12.3. The number of halogens is 1. The first kappa shape index (κ1) is 29.7. The van der Waals surface area contributed by atoms with Crippen molar-refractivity contribution in [3.63, 3.8) is 0 Å². The fourth-order valence-corrected chi connectivity index (χ4v) is 4.71. The number of methoxy groups -OCH3 is 1. The van der Waals surface area contributed by atoms with Gasteiger partial charge in [0.05, 0.1) is 35.8 Å². The van der Waals surface area contributed by atoms with Crippen molar-refractivity contribution in [3.8, 4) is 11.3 Å². The van der Waals surface area contributed by atoms with Gasteiger partial charge in [0.15, 0.2) is 5.65 Å². The van der Waals surface area contributed by atoms with Crippen LogP contribution in [0.15, 0.2) is 36.9 Å². The Labute approximate surface area is 236 Å². The molecule has 3 aromatic heterocycles. The van der Waals surface area contributed by atoms with E-state index < -0.39 is 0 Å². The Morgan fingerprint density at radius 1 is 1.07 bits per heavy atom. The predicted octanol–water partition coefficient (Wildman–Crippen LogP) is 6.91. The standard InChI is InChI=1S/C17H17FN4.C12H18N2O2.C2H6/c1-4-5-12-6-7-13(14(18)8-12)15-16-17(20-9-19-15)22-11(3)10(2)21-16;1-15-11-4-5-16-12(6-11)9-7-13-14(8-9)10-2-3-10;1-2/h6-9H,4-5H2,1-3H3;7-8,10-12H,2-6H2,1H3;1-2H3/t;11?,12-;/m.0./s1. The topological polar surface area (TPSA) is 87.8 Å². The predicted molar refractivity (Wildman–Crippen MR) is 155 cm³/mol. The van der Waals surface area contributed by atoms with Gasteiger partial charge in [-0.1, -0.05) is 33.3 Å². The monoisotopic (exact) mass is 548 g/mol. The molecule has 2 atom stereocenters. The molecule has 1 saturated heterocycles. The van der Waals surface area contributed by atoms with Crippen molar-refractivity contribution >= 4 is 11.2 Å². The van der Waals surface area contributed by atoms with Crippen LogP contribution in [0.25, 0.3) is 22.4 Å². The zero-order valence-corrected chi connectivity index (χ0v) is 24.5. The van der Waals surface area contributed by atoms with E-state index in [0.29, 0.717) is 34.6 Å². The molecule has 0 amide bonds. The maximum absolute atomic E-state index is 14.5. The highest BCUT2D eigenvalue weighted by Gasteiger charge is 2.28. The molecule has 4 heterocycles. The summed E-state index contributed by atoms with van der Waals surface area (Å²) in [5.41, 5.74) is 5.75. The van der Waals surface area contributed by atoms with E-state index in [1.54, 1.807) is 19.2 Å². The van der Waals surface area contributed by atoms with Gasteiger partial charge in [0.25, 0.3) is 0 Å². The average Bonchev–Trinajstić information content (AvgIpc) is 3.71. The lowest BCUT2D eigenvalue weighted by Gasteiger charge is -2.27. The van der Waals surface area contributed by atoms with Crippen LogP contribution >= 0.6 is 0 Å². The van der Waals surface area contributed by atoms with E-state index in [1.807, 2.05) is 40.0 Å². The Morgan fingerprint density at radius 3 is 2.55 bits per heavy atom. The van der Waals surface area contributed by atoms with Gasteiger partial charge in [0.2, 0.25) is 0 Å². The number of rotatable bonds is 6. The molecule has 40 heavy (non-hydrogen) atoms. The zero-order chi connectivity index (χ0) is 28.6. The van der Waals surface area contributed by atoms with Crippen LogP contribution in [-0.4, -0.2) is 49.5 Å². The molecule has 0 radical (unpaired) electrons. The summed E-state index contributed by atoms with van der Waals surface area (Å²) < 4.78 is 27.7. The first-order chi connectivity index (χ1) is 19.5. The van der Waals surface area contributed by atoms with E-state index in [0.717, 1.165) is 49.2 Å². The number of benzene rings is 1. The van der Waals surface area contributed by atoms with Crippen molar-refractivity contribution in [2.75, 3.05) is 13.7 Å². The Bertz CT molecular complexity index is 1400. The highest BCUT2D eigenvalue weighted by molar-refractivity contribution is 5.86. The van der Waals surface area contributed by atoms with Crippen molar-refractivity contribution in [2.24, 2.45) is 0 Å². The number of aromatic nitrogens is 6. The number of fused-ring (bicyclic) bond motifs is 1. The maximum Gasteiger partial charge on any atom is 0.182 e. The summed E-state index contributed by atoms with van der Waals surface area (Å²) in [6.45, 7) is 10.6. The number of ether oxygens (including phenoxy) is 2. The van der Waals surface area contributed by atoms with Gasteiger partial charge in [0.1, 0.15) is 23.4 Å². The van der Waals surface area contributed by atoms with Crippen LogP contribution in [0.5, 0.6) is 0 Å². The lowest BCUT2D eigenvalue weighted by atomic mass is 10.0. The van der Waals surface area contributed by atoms with Crippen LogP contribution in [0.2, 0.25) is 0 Å². The second-order valence-corrected chi connectivity index (χ2v) is 10.1. The number of aryl methyl sites for hydroxylation is 3. The molecule has 1 aromatic carbocycles. The van der Waals surface area contributed by atoms with E-state index >= 15 is 0 Å². The number of nitrogens with zero attached hydrogens (tertiary/aromatic N) is 6. The summed E-state index contributed by atoms with van der Waals surface area (Å²) >= 11 is 0. The minimum absolute atomic E-state index is 0.172. The summed E-state index contributed by atoms with van der Waals surface area (Å²) in [7, 11) is 1.78. The van der Waals surface area contributed by atoms with Crippen molar-refractivity contribution < 1.29 is 13.9 Å². The third-order valence-electron chi connectivity index (χ3n) is 7.19. The molecule has 1 saturated carbocycles. The number of hydrogen-bond acceptors (Lipinski definition) is 7. The van der Waals surface area contributed by atoms with Crippen LogP contribution < -0.4 is 0 Å². The average molecular weight is 549 g/mol. The second kappa shape index (κ2) is 13.9. The molecule has 0 spiro atoms. The molecule has 4 aromatic rings. The Balaban J connectivity index is 0.000000181. The normalized spacial score (nSPS) is 18.5. The van der Waals surface area contributed by atoms with Gasteiger partial charge in [0, 0.05) is 37.5 Å². The van der Waals surface area contributed by atoms with E-state index in [9.17, 15) is 4.39 Å². The largest absolute Gasteiger partial charge is 0.381 e. The van der Waals surface area contributed by atoms with E-state index in [4.69, 9.17) is 9.47 Å². The van der Waals surface area contributed by atoms with E-state index in [2.05, 4.69) is 42.8 Å². The van der Waals surface area contributed by atoms with Crippen LogP contribution in [0.1, 0.15) is 87.5 Å². The van der Waals surface area contributed by atoms with Gasteiger partial charge in [-0.2, -0.15) is 5.10 Å². The number of hydrogen-bond donors (Lipinski definition) is 0. The molecule has 1 aliphatic heterocycles. The molecule has 9 heteroatoms. The maximum atomic E-state index is 14.5. The van der Waals surface area contributed by atoms with Crippen LogP contribution in [0.3, 0.4) is 0 Å². The summed E-state index contributed by atoms with van der Waals surface area (Å²) in [6, 6.07) is 5.92. The van der Waals surface area contributed by atoms with Gasteiger partial charge >= 0.3 is 0 Å². The molecular formula is C31H41FN6O2. The van der Waals surface area contributed by atoms with Gasteiger partial charge in [-0.25, -0.2) is 24.3 Å². The molecule has 2 fully saturated rings. The summed E-state index contributed by atoms with van der Waals surface area (Å²) in [5.74, 6) is -0.286. The Hall–Kier alpha value is -3.30. The first-order valence-corrected chi connectivity index (χ1v) is 14.4. The lowest BCUT2D eigenvalue weighted by Crippen LogP contribution is -2.24. The van der Waals surface area contributed by atoms with Crippen molar-refractivity contribution in [1.82, 2.24) is 29.7 Å². The quantitative estimate of drug-likeness (QED) is 0.259. The van der Waals surface area contributed by atoms with Crippen molar-refractivity contribution in [2.45, 2.75) is 91.4 Å². The lowest BCUT2D eigenvalue weighted by molar-refractivity contribution is -0.0599. The minimum atomic E-state index is -0.286. The Kier molecular flexibility index (Phi) is 10.3. The van der Waals surface area contributed by atoms with Gasteiger partial charge in [-0.3, -0.25) is 4.68 Å². The highest BCUT2D eigenvalue weighted by Crippen LogP contribution is 2.36. The molecule has 1 unspecified atom stereocenters. The molecular weight excluding hydrogens is 507 g/mol. The van der Waals surface area contributed by atoms with Gasteiger partial charge in [-0.15, -0.1) is 0 Å². The molecule has 214 valence electrons. The van der Waals surface area contributed by atoms with Crippen molar-refractivity contribution in [1.29, 1.82) is 0 Å². The van der Waals surface area contributed by atoms with Gasteiger partial charge in [-0.05, 0) is 57.2 Å². The molecule has 2 aliphatic rings. The molecule has 1 aliphatic carbocycles. The van der Waals surface area contributed by atoms with E-state index in [-0.39, 0.29) is 11.9 Å². The van der Waals surface area contributed by atoms with Crippen LogP contribution in [0, 0.1) is 19.7 Å². The molecule has 0 N–H and O–H groups in total. The SMILES string of the molecule is CC.CCCc1ccc(-c2ncnc3nc(C)c(C)nc23)c(F)c1.COC1CCO[C@H](c2cnn(C3CC3)c2)C1. The zero-order valence-electron chi connectivity index (χ0n) is 24.5. The highest BCUT2D eigenvalue weighted by atomic mass is 19.1. The minimum Gasteiger partial charge on any atom is -0.381 e.